The predicted molar refractivity (Wildman–Crippen MR) is 49.3 cm³/mol. The number of hydrogen-bond acceptors (Lipinski definition) is 4. The van der Waals surface area contributed by atoms with Crippen LogP contribution in [0.25, 0.3) is 0 Å². The molecule has 1 atom stereocenters. The Bertz CT molecular complexity index is 245. The average Bonchev–Trinajstić information content (AvgIpc) is 2.55. The van der Waals surface area contributed by atoms with E-state index < -0.39 is 0 Å². The number of anilines is 1. The van der Waals surface area contributed by atoms with Gasteiger partial charge in [0.15, 0.2) is 5.82 Å². The molecule has 5 nitrogen and oxygen atoms in total. The maximum atomic E-state index is 5.41. The third-order valence-corrected chi connectivity index (χ3v) is 1.81. The second-order valence-electron chi connectivity index (χ2n) is 2.64. The molecule has 2 rings (SSSR count). The van der Waals surface area contributed by atoms with Crippen LogP contribution in [0.2, 0.25) is 0 Å². The molecule has 1 aromatic rings. The van der Waals surface area contributed by atoms with Crippen LogP contribution in [-0.4, -0.2) is 28.2 Å². The number of nitrogen functional groups attached to an aromatic ring is 1. The molecule has 1 unspecified atom stereocenters. The van der Waals surface area contributed by atoms with Crippen LogP contribution >= 0.6 is 13.5 Å². The zero-order valence-corrected chi connectivity index (χ0v) is 7.60. The van der Waals surface area contributed by atoms with Crippen molar-refractivity contribution >= 4 is 19.3 Å². The molecule has 0 radical (unpaired) electrons. The Hall–Kier alpha value is -0.750. The summed E-state index contributed by atoms with van der Waals surface area (Å²) in [4.78, 5) is 0. The number of ether oxygens (including phenoxy) is 1. The Kier molecular flexibility index (Phi) is 2.93. The van der Waals surface area contributed by atoms with Crippen molar-refractivity contribution in [3.63, 3.8) is 0 Å². The van der Waals surface area contributed by atoms with Crippen molar-refractivity contribution in [3.8, 4) is 0 Å². The van der Waals surface area contributed by atoms with Crippen LogP contribution in [0.1, 0.15) is 12.5 Å². The summed E-state index contributed by atoms with van der Waals surface area (Å²) in [6.45, 7) is 1.53. The Balaban J connectivity index is 0.000000720. The van der Waals surface area contributed by atoms with Crippen LogP contribution in [0.15, 0.2) is 6.20 Å². The van der Waals surface area contributed by atoms with Gasteiger partial charge < -0.3 is 10.5 Å². The lowest BCUT2D eigenvalue weighted by Gasteiger charge is -2.04. The van der Waals surface area contributed by atoms with Gasteiger partial charge in [-0.1, -0.05) is 5.21 Å². The lowest BCUT2D eigenvalue weighted by atomic mass is 10.3. The van der Waals surface area contributed by atoms with Crippen molar-refractivity contribution in [1.29, 1.82) is 0 Å². The molecule has 0 spiro atoms. The molecule has 1 aliphatic rings. The van der Waals surface area contributed by atoms with Crippen LogP contribution in [0.5, 0.6) is 0 Å². The zero-order valence-electron chi connectivity index (χ0n) is 6.60. The molecule has 12 heavy (non-hydrogen) atoms. The minimum atomic E-state index is 0. The fraction of sp³-hybridized carbons (Fsp3) is 0.667. The first kappa shape index (κ1) is 9.34. The van der Waals surface area contributed by atoms with E-state index in [0.29, 0.717) is 11.9 Å². The Morgan fingerprint density at radius 1 is 1.67 bits per heavy atom. The van der Waals surface area contributed by atoms with Gasteiger partial charge in [-0.2, -0.15) is 13.5 Å². The molecule has 0 amide bonds. The average molecular weight is 188 g/mol. The van der Waals surface area contributed by atoms with Gasteiger partial charge in [-0.05, 0) is 6.42 Å². The highest BCUT2D eigenvalue weighted by Crippen LogP contribution is 2.17. The molecule has 0 bridgehead atoms. The molecule has 1 aromatic heterocycles. The molecule has 0 saturated carbocycles. The summed E-state index contributed by atoms with van der Waals surface area (Å²) >= 11 is 0. The second kappa shape index (κ2) is 3.77. The summed E-state index contributed by atoms with van der Waals surface area (Å²) in [6.07, 6.45) is 2.74. The molecular weight excluding hydrogens is 176 g/mol. The topological polar surface area (TPSA) is 66.0 Å². The van der Waals surface area contributed by atoms with Crippen molar-refractivity contribution in [2.45, 2.75) is 12.5 Å². The first-order valence-corrected chi connectivity index (χ1v) is 3.61. The lowest BCUT2D eigenvalue weighted by molar-refractivity contribution is 0.184. The first-order valence-electron chi connectivity index (χ1n) is 3.61. The van der Waals surface area contributed by atoms with E-state index in [4.69, 9.17) is 10.5 Å². The fourth-order valence-corrected chi connectivity index (χ4v) is 1.20. The van der Waals surface area contributed by atoms with Crippen LogP contribution in [-0.2, 0) is 4.74 Å². The first-order chi connectivity index (χ1) is 5.36. The van der Waals surface area contributed by atoms with Gasteiger partial charge >= 0.3 is 0 Å². The van der Waals surface area contributed by atoms with E-state index in [1.165, 1.54) is 0 Å². The summed E-state index contributed by atoms with van der Waals surface area (Å²) in [5.41, 5.74) is 5.41. The van der Waals surface area contributed by atoms with Gasteiger partial charge in [0.2, 0.25) is 0 Å². The number of aromatic nitrogens is 3. The van der Waals surface area contributed by atoms with Crippen LogP contribution in [0.4, 0.5) is 5.82 Å². The highest BCUT2D eigenvalue weighted by Gasteiger charge is 2.18. The van der Waals surface area contributed by atoms with Crippen molar-refractivity contribution in [1.82, 2.24) is 15.0 Å². The van der Waals surface area contributed by atoms with E-state index >= 15 is 0 Å². The predicted octanol–water partition coefficient (Wildman–Crippen LogP) is -0.0655. The highest BCUT2D eigenvalue weighted by molar-refractivity contribution is 7.59. The monoisotopic (exact) mass is 188 g/mol. The van der Waals surface area contributed by atoms with E-state index in [2.05, 4.69) is 10.3 Å². The van der Waals surface area contributed by atoms with Gasteiger partial charge in [0.05, 0.1) is 18.8 Å². The summed E-state index contributed by atoms with van der Waals surface area (Å²) < 4.78 is 6.96. The maximum Gasteiger partial charge on any atom is 0.165 e. The third kappa shape index (κ3) is 1.70. The normalized spacial score (nSPS) is 22.2. The molecule has 2 heterocycles. The number of hydrogen-bond donors (Lipinski definition) is 1. The molecular formula is C6H12N4OS. The van der Waals surface area contributed by atoms with Gasteiger partial charge in [-0.25, -0.2) is 4.68 Å². The Morgan fingerprint density at radius 3 is 3.00 bits per heavy atom. The van der Waals surface area contributed by atoms with Crippen molar-refractivity contribution in [2.75, 3.05) is 18.9 Å². The zero-order chi connectivity index (χ0) is 7.68. The van der Waals surface area contributed by atoms with Gasteiger partial charge in [-0.15, -0.1) is 5.10 Å². The number of nitrogens with zero attached hydrogens (tertiary/aromatic N) is 3. The quantitative estimate of drug-likeness (QED) is 0.670. The van der Waals surface area contributed by atoms with Crippen LogP contribution in [0, 0.1) is 0 Å². The van der Waals surface area contributed by atoms with Crippen LogP contribution in [0.3, 0.4) is 0 Å². The van der Waals surface area contributed by atoms with Gasteiger partial charge in [0.25, 0.3) is 0 Å². The Labute approximate surface area is 77.3 Å². The van der Waals surface area contributed by atoms with Crippen molar-refractivity contribution in [3.05, 3.63) is 6.20 Å². The summed E-state index contributed by atoms with van der Waals surface area (Å²) in [5, 5.41) is 7.56. The standard InChI is InChI=1S/C6H10N4O.H2S/c7-6-3-10(9-8-6)5-1-2-11-4-5;/h3,5H,1-2,4,7H2;1H2. The number of nitrogens with two attached hydrogens (primary N) is 1. The minimum Gasteiger partial charge on any atom is -0.381 e. The highest BCUT2D eigenvalue weighted by atomic mass is 32.1. The van der Waals surface area contributed by atoms with Gasteiger partial charge in [0, 0.05) is 6.61 Å². The van der Waals surface area contributed by atoms with Crippen molar-refractivity contribution in [2.24, 2.45) is 0 Å². The minimum absolute atomic E-state index is 0. The molecule has 1 aliphatic heterocycles. The molecule has 1 saturated heterocycles. The van der Waals surface area contributed by atoms with Gasteiger partial charge in [-0.3, -0.25) is 0 Å². The molecule has 68 valence electrons. The van der Waals surface area contributed by atoms with E-state index in [9.17, 15) is 0 Å². The van der Waals surface area contributed by atoms with E-state index in [1.807, 2.05) is 0 Å². The molecule has 2 N–H and O–H groups in total. The summed E-state index contributed by atoms with van der Waals surface area (Å²) in [5.74, 6) is 0.469. The molecule has 0 aliphatic carbocycles. The lowest BCUT2D eigenvalue weighted by Crippen LogP contribution is -2.08. The van der Waals surface area contributed by atoms with Crippen LogP contribution < -0.4 is 5.73 Å². The SMILES string of the molecule is Nc1cn(C2CCOC2)nn1.S. The van der Waals surface area contributed by atoms with Gasteiger partial charge in [0.1, 0.15) is 0 Å². The number of rotatable bonds is 1. The summed E-state index contributed by atoms with van der Waals surface area (Å²) in [7, 11) is 0. The fourth-order valence-electron chi connectivity index (χ4n) is 1.20. The molecule has 6 heteroatoms. The Morgan fingerprint density at radius 2 is 2.50 bits per heavy atom. The second-order valence-corrected chi connectivity index (χ2v) is 2.64. The molecule has 0 aromatic carbocycles. The largest absolute Gasteiger partial charge is 0.381 e. The summed E-state index contributed by atoms with van der Waals surface area (Å²) in [6, 6.07) is 0.333. The van der Waals surface area contributed by atoms with E-state index in [-0.39, 0.29) is 13.5 Å². The third-order valence-electron chi connectivity index (χ3n) is 1.81. The van der Waals surface area contributed by atoms with E-state index in [1.54, 1.807) is 10.9 Å². The molecule has 1 fully saturated rings. The maximum absolute atomic E-state index is 5.41. The smallest absolute Gasteiger partial charge is 0.165 e. The van der Waals surface area contributed by atoms with E-state index in [0.717, 1.165) is 19.6 Å². The van der Waals surface area contributed by atoms with Crippen molar-refractivity contribution < 1.29 is 4.74 Å².